The second-order valence-electron chi connectivity index (χ2n) is 6.45. The molecule has 2 unspecified atom stereocenters. The van der Waals surface area contributed by atoms with E-state index in [-0.39, 0.29) is 11.9 Å². The molecule has 2 N–H and O–H groups in total. The van der Waals surface area contributed by atoms with Crippen molar-refractivity contribution in [2.45, 2.75) is 32.8 Å². The molecule has 0 saturated carbocycles. The van der Waals surface area contributed by atoms with Crippen molar-refractivity contribution < 1.29 is 9.90 Å². The Morgan fingerprint density at radius 3 is 2.88 bits per heavy atom. The van der Waals surface area contributed by atoms with Crippen LogP contribution in [0, 0.1) is 5.92 Å². The van der Waals surface area contributed by atoms with Crippen molar-refractivity contribution in [3.05, 3.63) is 18.2 Å². The minimum atomic E-state index is -0.628. The van der Waals surface area contributed by atoms with Crippen LogP contribution < -0.4 is 5.32 Å². The molecule has 24 heavy (non-hydrogen) atoms. The Morgan fingerprint density at radius 1 is 1.50 bits per heavy atom. The average molecular weight is 337 g/mol. The van der Waals surface area contributed by atoms with Gasteiger partial charge in [-0.05, 0) is 25.9 Å². The van der Waals surface area contributed by atoms with Crippen LogP contribution in [0.3, 0.4) is 0 Å². The van der Waals surface area contributed by atoms with E-state index >= 15 is 0 Å². The van der Waals surface area contributed by atoms with Gasteiger partial charge < -0.3 is 24.8 Å². The lowest BCUT2D eigenvalue weighted by Gasteiger charge is -2.35. The zero-order chi connectivity index (χ0) is 17.5. The lowest BCUT2D eigenvalue weighted by molar-refractivity contribution is 0.0532. The number of nitrogens with zero attached hydrogens (tertiary/aromatic N) is 4. The van der Waals surface area contributed by atoms with Gasteiger partial charge in [-0.2, -0.15) is 0 Å². The number of hydrogen-bond donors (Lipinski definition) is 2. The van der Waals surface area contributed by atoms with E-state index < -0.39 is 6.10 Å². The van der Waals surface area contributed by atoms with Crippen molar-refractivity contribution in [3.63, 3.8) is 0 Å². The number of hydrogen-bond acceptors (Lipinski definition) is 4. The molecule has 7 nitrogen and oxygen atoms in total. The molecule has 1 aliphatic heterocycles. The molecule has 2 atom stereocenters. The number of aryl methyl sites for hydroxylation is 1. The number of likely N-dealkylation sites (N-methyl/N-ethyl adjacent to an activating group) is 1. The van der Waals surface area contributed by atoms with Crippen LogP contribution >= 0.6 is 0 Å². The fourth-order valence-electron chi connectivity index (χ4n) is 3.30. The molecule has 1 aromatic heterocycles. The van der Waals surface area contributed by atoms with E-state index in [0.717, 1.165) is 39.0 Å². The number of aliphatic hydroxyl groups is 1. The molecule has 1 aliphatic rings. The molecule has 0 bridgehead atoms. The predicted molar refractivity (Wildman–Crippen MR) is 93.7 cm³/mol. The quantitative estimate of drug-likeness (QED) is 0.784. The SMILES string of the molecule is CCN(CC)CCNC(=O)N1CCCC(C(O)c2nccn2C)C1. The number of piperidine rings is 1. The summed E-state index contributed by atoms with van der Waals surface area (Å²) in [5.41, 5.74) is 0. The fourth-order valence-corrected chi connectivity index (χ4v) is 3.30. The van der Waals surface area contributed by atoms with Gasteiger partial charge in [-0.15, -0.1) is 0 Å². The van der Waals surface area contributed by atoms with Gasteiger partial charge in [-0.25, -0.2) is 9.78 Å². The summed E-state index contributed by atoms with van der Waals surface area (Å²) in [6, 6.07) is -0.0288. The Bertz CT molecular complexity index is 515. The topological polar surface area (TPSA) is 73.6 Å². The summed E-state index contributed by atoms with van der Waals surface area (Å²) in [5.74, 6) is 0.706. The molecule has 1 fully saturated rings. The Labute approximate surface area is 144 Å². The molecule has 2 amide bonds. The number of nitrogens with one attached hydrogen (secondary N) is 1. The molecule has 1 aromatic rings. The number of aliphatic hydroxyl groups excluding tert-OH is 1. The zero-order valence-electron chi connectivity index (χ0n) is 15.1. The van der Waals surface area contributed by atoms with Crippen molar-refractivity contribution in [3.8, 4) is 0 Å². The normalized spacial score (nSPS) is 19.5. The summed E-state index contributed by atoms with van der Waals surface area (Å²) in [7, 11) is 1.88. The maximum absolute atomic E-state index is 12.4. The molecule has 0 spiro atoms. The Balaban J connectivity index is 1.84. The first-order valence-electron chi connectivity index (χ1n) is 8.97. The number of likely N-dealkylation sites (tertiary alicyclic amines) is 1. The van der Waals surface area contributed by atoms with E-state index in [9.17, 15) is 9.90 Å². The number of imidazole rings is 1. The fraction of sp³-hybridized carbons (Fsp3) is 0.765. The maximum atomic E-state index is 12.4. The van der Waals surface area contributed by atoms with Crippen LogP contribution in [0.5, 0.6) is 0 Å². The molecule has 136 valence electrons. The second kappa shape index (κ2) is 9.03. The van der Waals surface area contributed by atoms with Gasteiger partial charge >= 0.3 is 6.03 Å². The summed E-state index contributed by atoms with van der Waals surface area (Å²) in [6.07, 6.45) is 4.72. The molecule has 2 heterocycles. The highest BCUT2D eigenvalue weighted by atomic mass is 16.3. The number of carbonyl (C=O) groups is 1. The number of amides is 2. The van der Waals surface area contributed by atoms with Gasteiger partial charge in [0.1, 0.15) is 11.9 Å². The van der Waals surface area contributed by atoms with Crippen LogP contribution in [0.15, 0.2) is 12.4 Å². The highest BCUT2D eigenvalue weighted by molar-refractivity contribution is 5.74. The zero-order valence-corrected chi connectivity index (χ0v) is 15.1. The second-order valence-corrected chi connectivity index (χ2v) is 6.45. The third kappa shape index (κ3) is 4.70. The molecular weight excluding hydrogens is 306 g/mol. The highest BCUT2D eigenvalue weighted by Crippen LogP contribution is 2.28. The van der Waals surface area contributed by atoms with Crippen LogP contribution in [0.2, 0.25) is 0 Å². The molecule has 2 rings (SSSR count). The lowest BCUT2D eigenvalue weighted by atomic mass is 9.92. The van der Waals surface area contributed by atoms with Gasteiger partial charge in [-0.1, -0.05) is 13.8 Å². The van der Waals surface area contributed by atoms with Gasteiger partial charge in [0.05, 0.1) is 0 Å². The van der Waals surface area contributed by atoms with E-state index in [0.29, 0.717) is 18.9 Å². The summed E-state index contributed by atoms with van der Waals surface area (Å²) in [6.45, 7) is 9.09. The van der Waals surface area contributed by atoms with Gasteiger partial charge in [0.15, 0.2) is 0 Å². The first kappa shape index (κ1) is 18.7. The van der Waals surface area contributed by atoms with Crippen molar-refractivity contribution in [1.29, 1.82) is 0 Å². The van der Waals surface area contributed by atoms with Gasteiger partial charge in [-0.3, -0.25) is 0 Å². The van der Waals surface area contributed by atoms with Gasteiger partial charge in [0.2, 0.25) is 0 Å². The minimum Gasteiger partial charge on any atom is -0.385 e. The molecule has 0 radical (unpaired) electrons. The Morgan fingerprint density at radius 2 is 2.25 bits per heavy atom. The van der Waals surface area contributed by atoms with Crippen molar-refractivity contribution in [2.75, 3.05) is 39.3 Å². The number of aromatic nitrogens is 2. The van der Waals surface area contributed by atoms with Crippen LogP contribution in [0.1, 0.15) is 38.6 Å². The predicted octanol–water partition coefficient (Wildman–Crippen LogP) is 1.22. The summed E-state index contributed by atoms with van der Waals surface area (Å²) in [4.78, 5) is 20.7. The summed E-state index contributed by atoms with van der Waals surface area (Å²) in [5, 5.41) is 13.6. The van der Waals surface area contributed by atoms with E-state index in [1.165, 1.54) is 0 Å². The molecular formula is C17H31N5O2. The van der Waals surface area contributed by atoms with E-state index in [1.54, 1.807) is 6.20 Å². The van der Waals surface area contributed by atoms with Crippen LogP contribution in [0.4, 0.5) is 4.79 Å². The largest absolute Gasteiger partial charge is 0.385 e. The first-order chi connectivity index (χ1) is 11.6. The van der Waals surface area contributed by atoms with E-state index in [4.69, 9.17) is 0 Å². The standard InChI is InChI=1S/C17H31N5O2/c1-4-21(5-2)12-9-19-17(24)22-10-6-7-14(13-22)15(23)16-18-8-11-20(16)3/h8,11,14-15,23H,4-7,9-10,12-13H2,1-3H3,(H,19,24). The number of urea groups is 1. The highest BCUT2D eigenvalue weighted by Gasteiger charge is 2.31. The average Bonchev–Trinajstić information content (AvgIpc) is 3.04. The van der Waals surface area contributed by atoms with Crippen molar-refractivity contribution in [2.24, 2.45) is 13.0 Å². The third-order valence-electron chi connectivity index (χ3n) is 4.91. The molecule has 1 saturated heterocycles. The molecule has 0 aromatic carbocycles. The number of rotatable bonds is 7. The Hall–Kier alpha value is -1.60. The molecule has 0 aliphatic carbocycles. The Kier molecular flexibility index (Phi) is 7.05. The van der Waals surface area contributed by atoms with Crippen LogP contribution in [-0.4, -0.2) is 69.8 Å². The summed E-state index contributed by atoms with van der Waals surface area (Å²) < 4.78 is 1.84. The first-order valence-corrected chi connectivity index (χ1v) is 8.97. The minimum absolute atomic E-state index is 0.0288. The summed E-state index contributed by atoms with van der Waals surface area (Å²) >= 11 is 0. The van der Waals surface area contributed by atoms with Gasteiger partial charge in [0.25, 0.3) is 0 Å². The smallest absolute Gasteiger partial charge is 0.317 e. The van der Waals surface area contributed by atoms with Crippen molar-refractivity contribution in [1.82, 2.24) is 24.7 Å². The van der Waals surface area contributed by atoms with Crippen LogP contribution in [-0.2, 0) is 7.05 Å². The molecule has 7 heteroatoms. The number of carbonyl (C=O) groups excluding carboxylic acids is 1. The monoisotopic (exact) mass is 337 g/mol. The van der Waals surface area contributed by atoms with E-state index in [2.05, 4.69) is 29.0 Å². The van der Waals surface area contributed by atoms with E-state index in [1.807, 2.05) is 22.7 Å². The van der Waals surface area contributed by atoms with Gasteiger partial charge in [0, 0.05) is 51.5 Å². The van der Waals surface area contributed by atoms with Crippen molar-refractivity contribution >= 4 is 6.03 Å². The third-order valence-corrected chi connectivity index (χ3v) is 4.91. The maximum Gasteiger partial charge on any atom is 0.317 e. The van der Waals surface area contributed by atoms with Crippen LogP contribution in [0.25, 0.3) is 0 Å². The lowest BCUT2D eigenvalue weighted by Crippen LogP contribution is -2.48.